The van der Waals surface area contributed by atoms with Gasteiger partial charge in [0.2, 0.25) is 0 Å². The highest BCUT2D eigenvalue weighted by molar-refractivity contribution is 6.33. The van der Waals surface area contributed by atoms with Crippen LogP contribution < -0.4 is 0 Å². The smallest absolute Gasteiger partial charge is 0.324 e. The molecule has 1 aromatic rings. The fourth-order valence-electron chi connectivity index (χ4n) is 1.16. The fourth-order valence-corrected chi connectivity index (χ4v) is 1.32. The first-order valence-corrected chi connectivity index (χ1v) is 4.77. The van der Waals surface area contributed by atoms with Crippen molar-refractivity contribution >= 4 is 17.6 Å². The highest BCUT2D eigenvalue weighted by Crippen LogP contribution is 2.21. The number of carboxylic acids is 1. The molecule has 0 amide bonds. The minimum absolute atomic E-state index is 0.337. The second-order valence-electron chi connectivity index (χ2n) is 3.66. The Morgan fingerprint density at radius 3 is 2.36 bits per heavy atom. The normalized spacial score (nSPS) is 14.8. The van der Waals surface area contributed by atoms with Crippen molar-refractivity contribution in [2.24, 2.45) is 0 Å². The predicted molar refractivity (Wildman–Crippen MR) is 56.8 cm³/mol. The zero-order valence-corrected chi connectivity index (χ0v) is 9.01. The largest absolute Gasteiger partial charge is 0.480 e. The summed E-state index contributed by atoms with van der Waals surface area (Å²) >= 11 is 5.85. The Kier molecular flexibility index (Phi) is 3.17. The number of carboxylic acid groups (broad SMARTS) is 1. The fraction of sp³-hybridized carbons (Fsp3) is 0.364. The number of aryl methyl sites for hydroxylation is 1. The molecule has 2 nitrogen and oxygen atoms in total. The maximum atomic E-state index is 10.8. The van der Waals surface area contributed by atoms with E-state index in [1.165, 1.54) is 6.92 Å². The molecule has 1 rings (SSSR count). The van der Waals surface area contributed by atoms with E-state index in [0.717, 1.165) is 11.1 Å². The van der Waals surface area contributed by atoms with Gasteiger partial charge in [-0.25, -0.2) is 0 Å². The Balaban J connectivity index is 2.79. The molecule has 1 unspecified atom stereocenters. The minimum Gasteiger partial charge on any atom is -0.480 e. The van der Waals surface area contributed by atoms with E-state index in [-0.39, 0.29) is 0 Å². The van der Waals surface area contributed by atoms with Gasteiger partial charge in [0.25, 0.3) is 0 Å². The van der Waals surface area contributed by atoms with E-state index in [0.29, 0.717) is 6.42 Å². The lowest BCUT2D eigenvalue weighted by molar-refractivity contribution is -0.139. The Hall–Kier alpha value is -1.02. The third-order valence-electron chi connectivity index (χ3n) is 2.10. The van der Waals surface area contributed by atoms with Crippen molar-refractivity contribution in [2.45, 2.75) is 25.1 Å². The lowest BCUT2D eigenvalue weighted by atomic mass is 10.00. The number of alkyl halides is 1. The molecule has 1 N–H and O–H groups in total. The lowest BCUT2D eigenvalue weighted by Gasteiger charge is -2.16. The van der Waals surface area contributed by atoms with Crippen LogP contribution in [0.25, 0.3) is 0 Å². The summed E-state index contributed by atoms with van der Waals surface area (Å²) in [7, 11) is 0. The quantitative estimate of drug-likeness (QED) is 0.783. The molecule has 0 aromatic heterocycles. The molecule has 0 spiro atoms. The molecule has 0 fully saturated rings. The second-order valence-corrected chi connectivity index (χ2v) is 4.50. The number of rotatable bonds is 3. The van der Waals surface area contributed by atoms with E-state index in [9.17, 15) is 4.79 Å². The number of aliphatic carboxylic acids is 1. The van der Waals surface area contributed by atoms with Gasteiger partial charge in [-0.1, -0.05) is 29.8 Å². The summed E-state index contributed by atoms with van der Waals surface area (Å²) in [5.74, 6) is -0.986. The highest BCUT2D eigenvalue weighted by Gasteiger charge is 2.30. The van der Waals surface area contributed by atoms with Crippen LogP contribution in [0.1, 0.15) is 18.1 Å². The van der Waals surface area contributed by atoms with Gasteiger partial charge >= 0.3 is 5.97 Å². The molecular weight excluding hydrogens is 200 g/mol. The van der Waals surface area contributed by atoms with E-state index in [4.69, 9.17) is 16.7 Å². The molecule has 76 valence electrons. The Morgan fingerprint density at radius 2 is 1.93 bits per heavy atom. The van der Waals surface area contributed by atoms with E-state index < -0.39 is 10.8 Å². The third kappa shape index (κ3) is 2.74. The zero-order valence-electron chi connectivity index (χ0n) is 8.25. The standard InChI is InChI=1S/C11H13ClO2/c1-8-3-5-9(6-4-8)7-11(2,12)10(13)14/h3-6H,7H2,1-2H3,(H,13,14). The maximum Gasteiger partial charge on any atom is 0.324 e. The number of hydrogen-bond acceptors (Lipinski definition) is 1. The van der Waals surface area contributed by atoms with Crippen LogP contribution in [0.2, 0.25) is 0 Å². The molecule has 0 heterocycles. The average molecular weight is 213 g/mol. The summed E-state index contributed by atoms with van der Waals surface area (Å²) in [6.07, 6.45) is 0.337. The Bertz CT molecular complexity index is 328. The monoisotopic (exact) mass is 212 g/mol. The van der Waals surface area contributed by atoms with Crippen LogP contribution in [0.5, 0.6) is 0 Å². The molecule has 3 heteroatoms. The summed E-state index contributed by atoms with van der Waals surface area (Å²) in [4.78, 5) is 9.55. The van der Waals surface area contributed by atoms with E-state index in [1.807, 2.05) is 31.2 Å². The van der Waals surface area contributed by atoms with E-state index in [2.05, 4.69) is 0 Å². The Morgan fingerprint density at radius 1 is 1.43 bits per heavy atom. The van der Waals surface area contributed by atoms with Gasteiger partial charge < -0.3 is 5.11 Å². The molecule has 0 saturated heterocycles. The minimum atomic E-state index is -1.21. The van der Waals surface area contributed by atoms with Crippen molar-refractivity contribution in [1.82, 2.24) is 0 Å². The number of halogens is 1. The number of carbonyl (C=O) groups is 1. The summed E-state index contributed by atoms with van der Waals surface area (Å²) in [6, 6.07) is 7.70. The summed E-state index contributed by atoms with van der Waals surface area (Å²) < 4.78 is 0. The van der Waals surface area contributed by atoms with Crippen molar-refractivity contribution in [3.63, 3.8) is 0 Å². The molecule has 0 aliphatic heterocycles. The van der Waals surface area contributed by atoms with Crippen molar-refractivity contribution < 1.29 is 9.90 Å². The topological polar surface area (TPSA) is 37.3 Å². The van der Waals surface area contributed by atoms with Crippen LogP contribution in [0.3, 0.4) is 0 Å². The summed E-state index contributed by atoms with van der Waals surface area (Å²) in [5, 5.41) is 8.83. The maximum absolute atomic E-state index is 10.8. The zero-order chi connectivity index (χ0) is 10.8. The molecule has 0 aliphatic rings. The number of benzene rings is 1. The van der Waals surface area contributed by atoms with Gasteiger partial charge in [-0.3, -0.25) is 4.79 Å². The molecular formula is C11H13ClO2. The molecule has 0 bridgehead atoms. The Labute approximate surface area is 88.5 Å². The third-order valence-corrected chi connectivity index (χ3v) is 2.40. The van der Waals surface area contributed by atoms with Crippen LogP contribution >= 0.6 is 11.6 Å². The average Bonchev–Trinajstić information content (AvgIpc) is 2.08. The SMILES string of the molecule is Cc1ccc(CC(C)(Cl)C(=O)O)cc1. The van der Waals surface area contributed by atoms with Crippen molar-refractivity contribution in [3.8, 4) is 0 Å². The van der Waals surface area contributed by atoms with Gasteiger partial charge in [-0.15, -0.1) is 11.6 Å². The molecule has 14 heavy (non-hydrogen) atoms. The molecule has 0 saturated carbocycles. The number of hydrogen-bond donors (Lipinski definition) is 1. The van der Waals surface area contributed by atoms with Crippen LogP contribution in [0.4, 0.5) is 0 Å². The van der Waals surface area contributed by atoms with Gasteiger partial charge in [0.1, 0.15) is 4.87 Å². The van der Waals surface area contributed by atoms with Crippen LogP contribution in [0.15, 0.2) is 24.3 Å². The molecule has 0 radical (unpaired) electrons. The van der Waals surface area contributed by atoms with Crippen molar-refractivity contribution in [1.29, 1.82) is 0 Å². The van der Waals surface area contributed by atoms with Crippen LogP contribution in [-0.4, -0.2) is 16.0 Å². The highest BCUT2D eigenvalue weighted by atomic mass is 35.5. The lowest BCUT2D eigenvalue weighted by Crippen LogP contribution is -2.30. The van der Waals surface area contributed by atoms with Crippen molar-refractivity contribution in [3.05, 3.63) is 35.4 Å². The van der Waals surface area contributed by atoms with Gasteiger partial charge in [0, 0.05) is 6.42 Å². The van der Waals surface area contributed by atoms with Gasteiger partial charge in [0.05, 0.1) is 0 Å². The first-order valence-electron chi connectivity index (χ1n) is 4.40. The van der Waals surface area contributed by atoms with E-state index >= 15 is 0 Å². The predicted octanol–water partition coefficient (Wildman–Crippen LogP) is 2.62. The van der Waals surface area contributed by atoms with Gasteiger partial charge in [0.15, 0.2) is 0 Å². The summed E-state index contributed by atoms with van der Waals surface area (Å²) in [5.41, 5.74) is 2.09. The van der Waals surface area contributed by atoms with Crippen LogP contribution in [-0.2, 0) is 11.2 Å². The van der Waals surface area contributed by atoms with E-state index in [1.54, 1.807) is 0 Å². The summed E-state index contributed by atoms with van der Waals surface area (Å²) in [6.45, 7) is 3.50. The molecule has 0 aliphatic carbocycles. The second kappa shape index (κ2) is 4.01. The van der Waals surface area contributed by atoms with Gasteiger partial charge in [-0.05, 0) is 19.4 Å². The first kappa shape index (κ1) is 11.1. The molecule has 1 atom stereocenters. The first-order chi connectivity index (χ1) is 6.42. The van der Waals surface area contributed by atoms with Gasteiger partial charge in [-0.2, -0.15) is 0 Å². The molecule has 1 aromatic carbocycles. The van der Waals surface area contributed by atoms with Crippen LogP contribution in [0, 0.1) is 6.92 Å². The van der Waals surface area contributed by atoms with Crippen molar-refractivity contribution in [2.75, 3.05) is 0 Å².